The quantitative estimate of drug-likeness (QED) is 0.438. The van der Waals surface area contributed by atoms with Crippen molar-refractivity contribution in [2.45, 2.75) is 13.5 Å². The fourth-order valence-corrected chi connectivity index (χ4v) is 2.33. The first-order valence-corrected chi connectivity index (χ1v) is 8.29. The molecule has 132 valence electrons. The summed E-state index contributed by atoms with van der Waals surface area (Å²) in [5.74, 6) is -1.11. The predicted octanol–water partition coefficient (Wildman–Crippen LogP) is 3.19. The van der Waals surface area contributed by atoms with Crippen molar-refractivity contribution in [3.8, 4) is 6.07 Å². The summed E-state index contributed by atoms with van der Waals surface area (Å²) in [4.78, 5) is 26.0. The Balaban J connectivity index is 1.95. The number of nitriles is 1. The fourth-order valence-electron chi connectivity index (χ4n) is 2.33. The largest absolute Gasteiger partial charge is 0.451 e. The zero-order valence-corrected chi connectivity index (χ0v) is 14.6. The van der Waals surface area contributed by atoms with Crippen LogP contribution in [0.2, 0.25) is 0 Å². The Labute approximate surface area is 153 Å². The molecule has 0 bridgehead atoms. The second-order valence-corrected chi connectivity index (χ2v) is 5.55. The van der Waals surface area contributed by atoms with Gasteiger partial charge in [0.05, 0.1) is 0 Å². The van der Waals surface area contributed by atoms with Crippen LogP contribution in [0.4, 0.5) is 0 Å². The van der Waals surface area contributed by atoms with Crippen molar-refractivity contribution < 1.29 is 14.3 Å². The molecule has 0 aromatic heterocycles. The maximum absolute atomic E-state index is 12.3. The highest BCUT2D eigenvalue weighted by molar-refractivity contribution is 5.98. The van der Waals surface area contributed by atoms with E-state index in [4.69, 9.17) is 10.00 Å². The zero-order chi connectivity index (χ0) is 18.8. The van der Waals surface area contributed by atoms with Crippen LogP contribution in [0, 0.1) is 11.3 Å². The molecular weight excluding hydrogens is 328 g/mol. The van der Waals surface area contributed by atoms with Crippen molar-refractivity contribution in [3.05, 3.63) is 77.4 Å². The lowest BCUT2D eigenvalue weighted by Gasteiger charge is -2.20. The van der Waals surface area contributed by atoms with Gasteiger partial charge in [-0.15, -0.1) is 0 Å². The summed E-state index contributed by atoms with van der Waals surface area (Å²) in [6, 6.07) is 20.4. The van der Waals surface area contributed by atoms with Gasteiger partial charge in [-0.3, -0.25) is 4.79 Å². The minimum Gasteiger partial charge on any atom is -0.451 e. The van der Waals surface area contributed by atoms with Crippen molar-refractivity contribution in [3.63, 3.8) is 0 Å². The SMILES string of the molecule is CCN(Cc1ccccc1)C(=O)COC(=O)/C(C#N)=C\c1ccccc1. The van der Waals surface area contributed by atoms with Crippen LogP contribution in [0.5, 0.6) is 0 Å². The molecule has 26 heavy (non-hydrogen) atoms. The standard InChI is InChI=1S/C21H20N2O3/c1-2-23(15-18-11-7-4-8-12-18)20(24)16-26-21(25)19(14-22)13-17-9-5-3-6-10-17/h3-13H,2,15-16H2,1H3/b19-13-. The van der Waals surface area contributed by atoms with Gasteiger partial charge < -0.3 is 9.64 Å². The molecule has 0 aliphatic heterocycles. The molecule has 0 atom stereocenters. The predicted molar refractivity (Wildman–Crippen MR) is 98.5 cm³/mol. The second kappa shape index (κ2) is 9.80. The molecule has 2 aromatic carbocycles. The third-order valence-electron chi connectivity index (χ3n) is 3.73. The van der Waals surface area contributed by atoms with Crippen molar-refractivity contribution in [2.24, 2.45) is 0 Å². The molecule has 2 rings (SSSR count). The van der Waals surface area contributed by atoms with Gasteiger partial charge in [0.1, 0.15) is 11.6 Å². The summed E-state index contributed by atoms with van der Waals surface area (Å²) >= 11 is 0. The molecule has 0 radical (unpaired) electrons. The Kier molecular flexibility index (Phi) is 7.14. The van der Waals surface area contributed by atoms with Gasteiger partial charge in [-0.25, -0.2) is 4.79 Å². The van der Waals surface area contributed by atoms with Crippen molar-refractivity contribution in [2.75, 3.05) is 13.2 Å². The molecule has 2 aromatic rings. The molecule has 0 unspecified atom stereocenters. The van der Waals surface area contributed by atoms with Crippen LogP contribution in [-0.4, -0.2) is 29.9 Å². The van der Waals surface area contributed by atoms with Crippen LogP contribution in [0.3, 0.4) is 0 Å². The van der Waals surface area contributed by atoms with E-state index in [1.54, 1.807) is 29.2 Å². The molecule has 0 N–H and O–H groups in total. The van der Waals surface area contributed by atoms with Crippen molar-refractivity contribution >= 4 is 18.0 Å². The van der Waals surface area contributed by atoms with Crippen LogP contribution in [0.25, 0.3) is 6.08 Å². The average molecular weight is 348 g/mol. The summed E-state index contributed by atoms with van der Waals surface area (Å²) in [7, 11) is 0. The number of carbonyl (C=O) groups excluding carboxylic acids is 2. The average Bonchev–Trinajstić information content (AvgIpc) is 2.69. The number of amides is 1. The van der Waals surface area contributed by atoms with Gasteiger partial charge in [0, 0.05) is 13.1 Å². The van der Waals surface area contributed by atoms with Crippen LogP contribution >= 0.6 is 0 Å². The van der Waals surface area contributed by atoms with Gasteiger partial charge in [0.15, 0.2) is 6.61 Å². The second-order valence-electron chi connectivity index (χ2n) is 5.55. The maximum atomic E-state index is 12.3. The molecule has 0 saturated heterocycles. The Morgan fingerprint density at radius 3 is 2.27 bits per heavy atom. The first-order chi connectivity index (χ1) is 12.6. The molecule has 0 aliphatic rings. The van der Waals surface area contributed by atoms with Gasteiger partial charge >= 0.3 is 5.97 Å². The highest BCUT2D eigenvalue weighted by atomic mass is 16.5. The van der Waals surface area contributed by atoms with E-state index >= 15 is 0 Å². The van der Waals surface area contributed by atoms with Gasteiger partial charge in [0.2, 0.25) is 0 Å². The van der Waals surface area contributed by atoms with Crippen LogP contribution in [-0.2, 0) is 20.9 Å². The molecule has 1 amide bonds. The highest BCUT2D eigenvalue weighted by Crippen LogP contribution is 2.09. The van der Waals surface area contributed by atoms with E-state index in [-0.39, 0.29) is 11.5 Å². The smallest absolute Gasteiger partial charge is 0.349 e. The summed E-state index contributed by atoms with van der Waals surface area (Å²) < 4.78 is 5.03. The number of hydrogen-bond acceptors (Lipinski definition) is 4. The summed E-state index contributed by atoms with van der Waals surface area (Å²) in [5, 5.41) is 9.16. The first kappa shape index (κ1) is 18.9. The number of carbonyl (C=O) groups is 2. The summed E-state index contributed by atoms with van der Waals surface area (Å²) in [5.41, 5.74) is 1.57. The normalized spacial score (nSPS) is 10.7. The van der Waals surface area contributed by atoms with Crippen LogP contribution in [0.1, 0.15) is 18.1 Å². The minimum atomic E-state index is -0.805. The topological polar surface area (TPSA) is 70.4 Å². The Bertz CT molecular complexity index is 808. The number of benzene rings is 2. The van der Waals surface area contributed by atoms with Crippen molar-refractivity contribution in [1.82, 2.24) is 4.90 Å². The Morgan fingerprint density at radius 2 is 1.69 bits per heavy atom. The number of hydrogen-bond donors (Lipinski definition) is 0. The molecule has 0 saturated carbocycles. The third-order valence-corrected chi connectivity index (χ3v) is 3.73. The Morgan fingerprint density at radius 1 is 1.08 bits per heavy atom. The number of esters is 1. The van der Waals surface area contributed by atoms with Gasteiger partial charge in [-0.05, 0) is 24.1 Å². The third kappa shape index (κ3) is 5.60. The zero-order valence-electron chi connectivity index (χ0n) is 14.6. The highest BCUT2D eigenvalue weighted by Gasteiger charge is 2.17. The van der Waals surface area contributed by atoms with E-state index in [1.807, 2.05) is 49.4 Å². The summed E-state index contributed by atoms with van der Waals surface area (Å²) in [6.07, 6.45) is 1.44. The molecule has 0 spiro atoms. The lowest BCUT2D eigenvalue weighted by molar-refractivity contribution is -0.148. The molecule has 5 nitrogen and oxygen atoms in total. The van der Waals surface area contributed by atoms with Gasteiger partial charge in [0.25, 0.3) is 5.91 Å². The van der Waals surface area contributed by atoms with E-state index in [0.29, 0.717) is 18.7 Å². The van der Waals surface area contributed by atoms with E-state index in [9.17, 15) is 9.59 Å². The van der Waals surface area contributed by atoms with Crippen molar-refractivity contribution in [1.29, 1.82) is 5.26 Å². The van der Waals surface area contributed by atoms with Crippen LogP contribution in [0.15, 0.2) is 66.2 Å². The van der Waals surface area contributed by atoms with E-state index < -0.39 is 12.6 Å². The minimum absolute atomic E-state index is 0.143. The number of rotatable bonds is 7. The Hall–Kier alpha value is -3.39. The lowest BCUT2D eigenvalue weighted by atomic mass is 10.1. The molecule has 0 fully saturated rings. The molecule has 0 aliphatic carbocycles. The lowest BCUT2D eigenvalue weighted by Crippen LogP contribution is -2.34. The fraction of sp³-hybridized carbons (Fsp3) is 0.190. The monoisotopic (exact) mass is 348 g/mol. The maximum Gasteiger partial charge on any atom is 0.349 e. The molecular formula is C21H20N2O3. The van der Waals surface area contributed by atoms with Gasteiger partial charge in [-0.1, -0.05) is 60.7 Å². The molecule has 0 heterocycles. The number of likely N-dealkylation sites (N-methyl/N-ethyl adjacent to an activating group) is 1. The first-order valence-electron chi connectivity index (χ1n) is 8.29. The number of nitrogens with zero attached hydrogens (tertiary/aromatic N) is 2. The van der Waals surface area contributed by atoms with Gasteiger partial charge in [-0.2, -0.15) is 5.26 Å². The molecule has 5 heteroatoms. The van der Waals surface area contributed by atoms with E-state index in [2.05, 4.69) is 0 Å². The van der Waals surface area contributed by atoms with Crippen LogP contribution < -0.4 is 0 Å². The number of ether oxygens (including phenoxy) is 1. The van der Waals surface area contributed by atoms with E-state index in [1.165, 1.54) is 6.08 Å². The summed E-state index contributed by atoms with van der Waals surface area (Å²) in [6.45, 7) is 2.40. The van der Waals surface area contributed by atoms with E-state index in [0.717, 1.165) is 5.56 Å².